The third-order valence-corrected chi connectivity index (χ3v) is 11.3. The minimum Gasteiger partial charge on any atom is -0.379 e. The molecule has 1 aliphatic heterocycles. The first kappa shape index (κ1) is 45.9. The summed E-state index contributed by atoms with van der Waals surface area (Å²) in [5, 5.41) is 21.1. The predicted molar refractivity (Wildman–Crippen MR) is 243 cm³/mol. The summed E-state index contributed by atoms with van der Waals surface area (Å²) in [6.45, 7) is 7.72. The van der Waals surface area contributed by atoms with Gasteiger partial charge in [0.25, 0.3) is 11.5 Å². The highest BCUT2D eigenvalue weighted by molar-refractivity contribution is 6.09. The van der Waals surface area contributed by atoms with E-state index in [4.69, 9.17) is 19.7 Å². The van der Waals surface area contributed by atoms with E-state index in [9.17, 15) is 24.0 Å². The number of para-hydroxylation sites is 1. The van der Waals surface area contributed by atoms with Crippen molar-refractivity contribution in [1.29, 1.82) is 5.26 Å². The number of rotatable bonds is 19. The van der Waals surface area contributed by atoms with Gasteiger partial charge in [-0.15, -0.1) is 0 Å². The van der Waals surface area contributed by atoms with E-state index in [1.165, 1.54) is 19.2 Å². The Balaban J connectivity index is 0.761. The highest BCUT2D eigenvalue weighted by Gasteiger charge is 2.26. The van der Waals surface area contributed by atoms with Crippen LogP contribution in [0, 0.1) is 18.3 Å². The van der Waals surface area contributed by atoms with Crippen LogP contribution < -0.4 is 31.7 Å². The number of pyridine rings is 3. The number of Topliss-reactive ketones (excluding diaryl/α,β-unsaturated/α-hetero) is 1. The second kappa shape index (κ2) is 22.0. The molecule has 1 aromatic carbocycles. The van der Waals surface area contributed by atoms with Gasteiger partial charge >= 0.3 is 0 Å². The maximum atomic E-state index is 13.6. The first-order valence-electron chi connectivity index (χ1n) is 21.7. The van der Waals surface area contributed by atoms with Crippen molar-refractivity contribution < 1.29 is 28.7 Å². The number of nitrogens with zero attached hydrogens (tertiary/aromatic N) is 8. The topological polar surface area (TPSA) is 239 Å². The fraction of sp³-hybridized carbons (Fsp3) is 0.391. The van der Waals surface area contributed by atoms with Crippen LogP contribution >= 0.6 is 0 Å². The van der Waals surface area contributed by atoms with E-state index in [0.29, 0.717) is 72.5 Å². The molecule has 5 aromatic rings. The lowest BCUT2D eigenvalue weighted by atomic mass is 10.0. The Morgan fingerprint density at radius 1 is 0.831 bits per heavy atom. The quantitative estimate of drug-likeness (QED) is 0.0665. The maximum Gasteiger partial charge on any atom is 0.263 e. The van der Waals surface area contributed by atoms with Crippen LogP contribution in [0.25, 0.3) is 11.0 Å². The molecule has 1 aliphatic carbocycles. The Labute approximate surface area is 375 Å². The number of nitriles is 1. The molecule has 0 unspecified atom stereocenters. The first-order valence-corrected chi connectivity index (χ1v) is 21.7. The zero-order valence-electron chi connectivity index (χ0n) is 36.5. The van der Waals surface area contributed by atoms with Crippen molar-refractivity contribution in [1.82, 2.24) is 34.7 Å². The number of hydrogen-bond acceptors (Lipinski definition) is 15. The van der Waals surface area contributed by atoms with Crippen LogP contribution in [0.3, 0.4) is 0 Å². The van der Waals surface area contributed by atoms with Gasteiger partial charge in [-0.25, -0.2) is 15.0 Å². The predicted octanol–water partition coefficient (Wildman–Crippen LogP) is 4.38. The van der Waals surface area contributed by atoms with Crippen molar-refractivity contribution in [3.8, 4) is 6.07 Å². The summed E-state index contributed by atoms with van der Waals surface area (Å²) in [7, 11) is 0. The number of fused-ring (bicyclic) bond motifs is 1. The van der Waals surface area contributed by atoms with Crippen LogP contribution in [0.4, 0.5) is 29.0 Å². The summed E-state index contributed by atoms with van der Waals surface area (Å²) in [5.41, 5.74) is 2.94. The monoisotopic (exact) mass is 884 g/mol. The number of hydrogen-bond donors (Lipinski definition) is 4. The van der Waals surface area contributed by atoms with Gasteiger partial charge in [0.2, 0.25) is 17.8 Å². The van der Waals surface area contributed by atoms with Gasteiger partial charge in [-0.05, 0) is 68.7 Å². The molecule has 65 heavy (non-hydrogen) atoms. The maximum absolute atomic E-state index is 13.6. The van der Waals surface area contributed by atoms with Crippen LogP contribution in [0.1, 0.15) is 76.9 Å². The Morgan fingerprint density at radius 3 is 2.28 bits per heavy atom. The van der Waals surface area contributed by atoms with Crippen LogP contribution in [-0.2, 0) is 19.1 Å². The number of amides is 3. The Hall–Kier alpha value is -7.14. The molecule has 338 valence electrons. The van der Waals surface area contributed by atoms with Crippen molar-refractivity contribution in [2.45, 2.75) is 52.0 Å². The molecule has 19 nitrogen and oxygen atoms in total. The van der Waals surface area contributed by atoms with Crippen molar-refractivity contribution in [3.63, 3.8) is 0 Å². The third-order valence-electron chi connectivity index (χ3n) is 11.3. The van der Waals surface area contributed by atoms with Gasteiger partial charge in [-0.3, -0.25) is 33.4 Å². The summed E-state index contributed by atoms with van der Waals surface area (Å²) in [5.74, 6) is 0.0168. The molecule has 0 spiro atoms. The number of carbonyl (C=O) groups is 4. The number of aromatic nitrogens is 5. The van der Waals surface area contributed by atoms with Crippen LogP contribution in [0.2, 0.25) is 0 Å². The van der Waals surface area contributed by atoms with E-state index in [2.05, 4.69) is 46.0 Å². The number of carbonyl (C=O) groups excluding carboxylic acids is 4. The first-order chi connectivity index (χ1) is 31.6. The van der Waals surface area contributed by atoms with E-state index in [1.54, 1.807) is 54.2 Å². The molecule has 0 atom stereocenters. The minimum atomic E-state index is -0.458. The van der Waals surface area contributed by atoms with Gasteiger partial charge in [0.1, 0.15) is 23.4 Å². The fourth-order valence-electron chi connectivity index (χ4n) is 7.96. The van der Waals surface area contributed by atoms with Gasteiger partial charge < -0.3 is 35.6 Å². The van der Waals surface area contributed by atoms with Crippen molar-refractivity contribution in [2.24, 2.45) is 0 Å². The molecule has 1 saturated heterocycles. The van der Waals surface area contributed by atoms with E-state index in [0.717, 1.165) is 44.5 Å². The van der Waals surface area contributed by atoms with Crippen molar-refractivity contribution in [2.75, 3.05) is 86.5 Å². The van der Waals surface area contributed by atoms with Gasteiger partial charge in [-0.2, -0.15) is 10.2 Å². The highest BCUT2D eigenvalue weighted by Crippen LogP contribution is 2.32. The highest BCUT2D eigenvalue weighted by atomic mass is 16.5. The Bertz CT molecular complexity index is 2600. The van der Waals surface area contributed by atoms with Crippen molar-refractivity contribution >= 4 is 63.5 Å². The second-order valence-corrected chi connectivity index (χ2v) is 15.8. The lowest BCUT2D eigenvalue weighted by Crippen LogP contribution is -2.49. The molecule has 2 aliphatic rings. The van der Waals surface area contributed by atoms with E-state index in [1.807, 2.05) is 18.2 Å². The second-order valence-electron chi connectivity index (χ2n) is 15.8. The molecule has 19 heteroatoms. The average molecular weight is 885 g/mol. The standard InChI is InChI=1S/C46H52N12O7/c1-30-36-28-51-46(55-43(36)58(33-7-3-4-8-33)45(63)42(30)31(2)59)54-39-14-12-34(27-50-39)57-19-17-56(18-20-57)29-41(61)48-16-22-65-24-23-64-21-15-40(60)52-37-10-6-5-9-35(37)44(62)53-38-13-11-32(25-47)26-49-38/h5-6,9-14,26-28,33H,3-4,7-8,15-24,29H2,1-2H3,(H,48,61)(H,52,60)(H,49,53,62)(H,50,51,54,55). The van der Waals surface area contributed by atoms with Gasteiger partial charge in [0.15, 0.2) is 5.78 Å². The fourth-order valence-corrected chi connectivity index (χ4v) is 7.96. The smallest absolute Gasteiger partial charge is 0.263 e. The normalized spacial score (nSPS) is 14.2. The van der Waals surface area contributed by atoms with E-state index >= 15 is 0 Å². The van der Waals surface area contributed by atoms with Gasteiger partial charge in [-0.1, -0.05) is 25.0 Å². The van der Waals surface area contributed by atoms with Crippen LogP contribution in [0.5, 0.6) is 0 Å². The van der Waals surface area contributed by atoms with E-state index in [-0.39, 0.29) is 72.3 Å². The van der Waals surface area contributed by atoms with Crippen molar-refractivity contribution in [3.05, 3.63) is 99.7 Å². The van der Waals surface area contributed by atoms with Gasteiger partial charge in [0.05, 0.1) is 73.7 Å². The number of anilines is 5. The number of benzene rings is 1. The molecule has 0 bridgehead atoms. The third kappa shape index (κ3) is 11.9. The molecule has 4 aromatic heterocycles. The summed E-state index contributed by atoms with van der Waals surface area (Å²) < 4.78 is 12.8. The zero-order valence-corrected chi connectivity index (χ0v) is 36.5. The molecule has 3 amide bonds. The summed E-state index contributed by atoms with van der Waals surface area (Å²) in [4.78, 5) is 86.3. The molecule has 4 N–H and O–H groups in total. The lowest BCUT2D eigenvalue weighted by Gasteiger charge is -2.35. The average Bonchev–Trinajstić information content (AvgIpc) is 3.84. The number of nitrogens with one attached hydrogen (secondary N) is 4. The van der Waals surface area contributed by atoms with Gasteiger partial charge in [0, 0.05) is 56.5 Å². The number of ketones is 1. The molecule has 0 radical (unpaired) electrons. The van der Waals surface area contributed by atoms with E-state index < -0.39 is 5.91 Å². The number of piperazine rings is 1. The van der Waals surface area contributed by atoms with Crippen LogP contribution in [-0.4, -0.2) is 119 Å². The molecule has 2 fully saturated rings. The minimum absolute atomic E-state index is 0.0106. The lowest BCUT2D eigenvalue weighted by molar-refractivity contribution is -0.122. The Morgan fingerprint density at radius 2 is 1.57 bits per heavy atom. The molecule has 1 saturated carbocycles. The molecule has 5 heterocycles. The van der Waals surface area contributed by atoms with Crippen LogP contribution in [0.15, 0.2) is 71.9 Å². The zero-order chi connectivity index (χ0) is 45.7. The molecular weight excluding hydrogens is 833 g/mol. The summed E-state index contributed by atoms with van der Waals surface area (Å²) in [6.07, 6.45) is 8.66. The number of ether oxygens (including phenoxy) is 2. The molecule has 7 rings (SSSR count). The number of aryl methyl sites for hydroxylation is 1. The Kier molecular flexibility index (Phi) is 15.5. The summed E-state index contributed by atoms with van der Waals surface area (Å²) >= 11 is 0. The largest absolute Gasteiger partial charge is 0.379 e. The molecular formula is C46H52N12O7. The summed E-state index contributed by atoms with van der Waals surface area (Å²) in [6, 6.07) is 15.5. The SMILES string of the molecule is CC(=O)c1c(C)c2cnc(Nc3ccc(N4CCN(CC(=O)NCCOCCOCCC(=O)Nc5ccccc5C(=O)Nc5ccc(C#N)cn5)CC4)cn3)nc2n(C2CCCC2)c1=O.